The molecule has 2 aromatic carbocycles. The highest BCUT2D eigenvalue weighted by Crippen LogP contribution is 2.69. The number of hydrogen-bond donors (Lipinski definition) is 43. The number of benzene rings is 3. The van der Waals surface area contributed by atoms with Crippen LogP contribution in [0.2, 0.25) is 0 Å². The first-order valence-corrected chi connectivity index (χ1v) is 46.8. The maximum absolute atomic E-state index is 13.8. The van der Waals surface area contributed by atoms with Crippen molar-refractivity contribution in [3.8, 4) is 33.9 Å². The van der Waals surface area contributed by atoms with Crippen LogP contribution < -0.4 is 63.6 Å². The van der Waals surface area contributed by atoms with Gasteiger partial charge in [-0.1, -0.05) is 0 Å². The number of hydrogen-bond acceptors (Lipinski definition) is 48. The molecule has 4 rings (SSSR count). The van der Waals surface area contributed by atoms with Crippen molar-refractivity contribution < 1.29 is 235 Å². The predicted molar refractivity (Wildman–Crippen MR) is 491 cm³/mol. The summed E-state index contributed by atoms with van der Waals surface area (Å²) in [5.41, 5.74) is -1.50. The summed E-state index contributed by atoms with van der Waals surface area (Å²) in [7, 11) is 0. The fraction of sp³-hybridized carbons (Fsp3) is 0.663. The maximum atomic E-state index is 13.8. The first-order valence-electron chi connectivity index (χ1n) is 46.8. The molecule has 147 heavy (non-hydrogen) atoms. The highest BCUT2D eigenvalue weighted by Gasteiger charge is 2.75. The molecule has 58 heteroatoms. The van der Waals surface area contributed by atoms with Crippen molar-refractivity contribution in [2.75, 3.05) is 65.4 Å². The zero-order chi connectivity index (χ0) is 111. The van der Waals surface area contributed by atoms with Crippen molar-refractivity contribution in [1.82, 2.24) is 53.3 Å². The van der Waals surface area contributed by atoms with Gasteiger partial charge in [0.2, 0.25) is 59.5 Å². The third-order valence-electron chi connectivity index (χ3n) is 24.5. The Kier molecular flexibility index (Phi) is 56.9. The van der Waals surface area contributed by atoms with E-state index in [2.05, 4.69) is 53.3 Å². The molecular formula is C89H140N10O48. The van der Waals surface area contributed by atoms with Crippen LogP contribution in [0.4, 0.5) is 0 Å². The minimum absolute atomic E-state index is 0.00430. The Morgan fingerprint density at radius 2 is 0.544 bits per heavy atom. The van der Waals surface area contributed by atoms with Gasteiger partial charge < -0.3 is 230 Å². The number of phenols is 1. The van der Waals surface area contributed by atoms with Gasteiger partial charge in [-0.25, -0.2) is 4.79 Å². The second-order valence-corrected chi connectivity index (χ2v) is 34.8. The molecule has 0 fully saturated rings. The van der Waals surface area contributed by atoms with Gasteiger partial charge in [-0.2, -0.15) is 5.48 Å². The molecule has 0 aromatic heterocycles. The smallest absolute Gasteiger partial charge is 0.336 e. The van der Waals surface area contributed by atoms with E-state index < -0.39 is 226 Å². The van der Waals surface area contributed by atoms with Gasteiger partial charge in [0.15, 0.2) is 99.8 Å². The number of phenolic OH excluding ortho intramolecular Hbond substituents is 1. The number of nitrogens with one attached hydrogen (secondary N) is 10. The van der Waals surface area contributed by atoms with Crippen LogP contribution in [0.25, 0.3) is 33.4 Å². The van der Waals surface area contributed by atoms with E-state index in [1.807, 2.05) is 0 Å². The number of aliphatic hydroxyl groups is 31. The van der Waals surface area contributed by atoms with Gasteiger partial charge >= 0.3 is 11.9 Å². The quantitative estimate of drug-likeness (QED) is 0.00642. The number of fused-ring (bicyclic) bond motifs is 2. The van der Waals surface area contributed by atoms with E-state index in [-0.39, 0.29) is 212 Å². The lowest BCUT2D eigenvalue weighted by atomic mass is 9.37. The lowest BCUT2D eigenvalue weighted by Gasteiger charge is -2.67. The van der Waals surface area contributed by atoms with E-state index in [4.69, 9.17) is 14.0 Å². The average Bonchev–Trinajstić information content (AvgIpc) is 0.681. The van der Waals surface area contributed by atoms with E-state index in [1.54, 1.807) is 18.2 Å². The number of carboxylic acid groups (broad SMARTS) is 1. The van der Waals surface area contributed by atoms with E-state index in [0.717, 1.165) is 0 Å². The number of hydroxylamine groups is 1. The van der Waals surface area contributed by atoms with Crippen LogP contribution in [-0.4, -0.2) is 400 Å². The largest absolute Gasteiger partial charge is 0.508 e. The topological polar surface area (TPSA) is 1020 Å². The molecule has 2 unspecified atom stereocenters. The number of aliphatic hydroxyl groups excluding tert-OH is 16. The molecule has 1 aliphatic carbocycles. The van der Waals surface area contributed by atoms with Gasteiger partial charge in [0, 0.05) is 158 Å². The van der Waals surface area contributed by atoms with Crippen LogP contribution in [0.15, 0.2) is 63.8 Å². The highest BCUT2D eigenvalue weighted by atomic mass is 16.7. The Morgan fingerprint density at radius 3 is 0.810 bits per heavy atom. The molecule has 3 atom stereocenters. The van der Waals surface area contributed by atoms with E-state index in [1.165, 1.54) is 36.4 Å². The molecule has 43 N–H and O–H groups in total. The molecule has 2 aromatic rings. The molecule has 58 nitrogen and oxygen atoms in total. The van der Waals surface area contributed by atoms with Gasteiger partial charge in [-0.15, -0.1) is 0 Å². The van der Waals surface area contributed by atoms with Crippen LogP contribution in [0.3, 0.4) is 0 Å². The Hall–Kier alpha value is -10.4. The van der Waals surface area contributed by atoms with Gasteiger partial charge in [0.1, 0.15) is 22.8 Å². The van der Waals surface area contributed by atoms with Crippen molar-refractivity contribution in [2.24, 2.45) is 76.4 Å². The molecule has 1 aliphatic heterocycles. The normalized spacial score (nSPS) is 13.1. The second-order valence-electron chi connectivity index (χ2n) is 34.8. The monoisotopic (exact) mass is 2120 g/mol. The first-order chi connectivity index (χ1) is 69.2. The van der Waals surface area contributed by atoms with Crippen LogP contribution in [-0.2, 0) is 52.7 Å². The Morgan fingerprint density at radius 1 is 0.293 bits per heavy atom. The predicted octanol–water partition coefficient (Wildman–Crippen LogP) is -14.4. The summed E-state index contributed by atoms with van der Waals surface area (Å²) in [5.74, 6) is -54.7. The molecule has 1 heterocycles. The van der Waals surface area contributed by atoms with Crippen LogP contribution in [0, 0.1) is 76.4 Å². The van der Waals surface area contributed by atoms with Crippen LogP contribution in [0.1, 0.15) is 139 Å². The number of carbonyl (C=O) groups is 11. The third-order valence-corrected chi connectivity index (χ3v) is 24.5. The Bertz CT molecular complexity index is 4510. The van der Waals surface area contributed by atoms with Crippen LogP contribution in [0.5, 0.6) is 11.5 Å². The number of carbonyl (C=O) groups excluding carboxylic acids is 10. The fourth-order valence-corrected chi connectivity index (χ4v) is 18.1. The summed E-state index contributed by atoms with van der Waals surface area (Å²) in [6.07, 6.45) is -62.9. The minimum atomic E-state index is -5.27. The lowest BCUT2D eigenvalue weighted by Crippen LogP contribution is -2.74. The SMILES string of the molecule is O=C(CCCNOc1ccc(-c2c3ccc(=O)cc-3oc3cc(O)ccc23)c(C(=O)O)c1)NCCCC(=O)NCCCC(=O)NCCCC(=O)NCCCC(=O)NCCCC(=O)NCCCC(=O)NCCCC(=O)NCCCC(=O)NCCCC(=O)OC(O)C(C(O)O)[C@H](C(C(O)O)C(O)O)C(C(C(C(O)O)C(O)O)C(C(O)O)C(O)O)(C(C(C(O)O)C(O)O)C(C(O)O)C(O)O)C(C(C(O)O)C(O)O)C(C(O)O)C(O)O. The molecule has 9 amide bonds. The van der Waals surface area contributed by atoms with E-state index >= 15 is 0 Å². The summed E-state index contributed by atoms with van der Waals surface area (Å²) in [6.45, 7) is 0.815. The minimum Gasteiger partial charge on any atom is -0.508 e. The number of amides is 9. The van der Waals surface area contributed by atoms with Crippen molar-refractivity contribution in [2.45, 2.75) is 229 Å². The van der Waals surface area contributed by atoms with Gasteiger partial charge in [0.05, 0.1) is 52.9 Å². The fourth-order valence-electron chi connectivity index (χ4n) is 18.1. The zero-order valence-electron chi connectivity index (χ0n) is 79.5. The Labute approximate surface area is 836 Å². The molecule has 0 saturated carbocycles. The Balaban J connectivity index is 1.13. The molecule has 0 spiro atoms. The van der Waals surface area contributed by atoms with Crippen LogP contribution >= 0.6 is 0 Å². The lowest BCUT2D eigenvalue weighted by molar-refractivity contribution is -0.376. The molecule has 0 radical (unpaired) electrons. The van der Waals surface area contributed by atoms with Gasteiger partial charge in [0.25, 0.3) is 0 Å². The summed E-state index contributed by atoms with van der Waals surface area (Å²) >= 11 is 0. The molecule has 0 bridgehead atoms. The molecule has 2 aliphatic rings. The molecule has 834 valence electrons. The number of carboxylic acids is 1. The number of ether oxygens (including phenoxy) is 1. The summed E-state index contributed by atoms with van der Waals surface area (Å²) in [6, 6.07) is 13.0. The number of rotatable bonds is 73. The number of aromatic carboxylic acids is 1. The third kappa shape index (κ3) is 40.8. The number of aromatic hydroxyl groups is 1. The van der Waals surface area contributed by atoms with Gasteiger partial charge in [-0.05, 0) is 141 Å². The van der Waals surface area contributed by atoms with Crippen molar-refractivity contribution >= 4 is 76.1 Å². The summed E-state index contributed by atoms with van der Waals surface area (Å²) in [4.78, 5) is 156. The van der Waals surface area contributed by atoms with Crippen molar-refractivity contribution in [3.05, 3.63) is 70.4 Å². The molecule has 0 saturated heterocycles. The van der Waals surface area contributed by atoms with Crippen molar-refractivity contribution in [3.63, 3.8) is 0 Å². The molecular weight excluding hydrogens is 1980 g/mol. The maximum Gasteiger partial charge on any atom is 0.336 e. The second kappa shape index (κ2) is 64.9. The zero-order valence-corrected chi connectivity index (χ0v) is 79.5. The van der Waals surface area contributed by atoms with Crippen molar-refractivity contribution in [1.29, 1.82) is 0 Å². The average molecular weight is 2120 g/mol. The highest BCUT2D eigenvalue weighted by molar-refractivity contribution is 6.08. The van der Waals surface area contributed by atoms with E-state index in [0.29, 0.717) is 54.2 Å². The van der Waals surface area contributed by atoms with Gasteiger partial charge in [-0.3, -0.25) is 52.7 Å². The summed E-state index contributed by atoms with van der Waals surface area (Å²) < 4.78 is 10.8. The number of esters is 1. The standard InChI is InChI=1S/C89H140N10O48/c100-40-21-24-44-47(37-40)145-48-38-41(101)22-25-45(48)59(44)43-26-23-42(39-46(43)72(112)113)147-99-36-9-19-57(110)97-34-7-17-55(108)95-32-5-15-53(106)93-30-3-13-51(104)91-28-1-11-49(102)90-27-2-12-50(103)92-29-4-14-52(105)94-31-6-16-54(107)96-33-8-18-56(109)98-35-10-20-58(111)146-88(144)67(87(142)143)71(66(85(138)139)86(140)141)89(68(60(73(114)115)74(116)117)61(75(118)119)76(120)121,69(62(77(122)123)78(124)125)63(79(126)127)80(128)129)70(64(81(130)131)82(132)133)65(83(134)135)84(136)137/h21-26,37-39,60-71,73-88,99-100,114-144H,1-20,27-36H2,(H,90,102)(H,91,104)(H,92,103)(H,93,106)(H,94,105)(H,95,108)(H,96,107)(H,97,110)(H,98,109)(H,112,113)/t67?,71-,88?/m0/s1. The van der Waals surface area contributed by atoms with E-state index in [9.17, 15) is 226 Å². The summed E-state index contributed by atoms with van der Waals surface area (Å²) in [5, 5.41) is 392. The first kappa shape index (κ1) is 129.